The van der Waals surface area contributed by atoms with Gasteiger partial charge in [0.2, 0.25) is 0 Å². The molecule has 1 amide bonds. The first-order chi connectivity index (χ1) is 13.2. The molecule has 0 unspecified atom stereocenters. The van der Waals surface area contributed by atoms with Gasteiger partial charge in [-0.3, -0.25) is 4.79 Å². The van der Waals surface area contributed by atoms with Crippen LogP contribution in [0, 0.1) is 6.92 Å². The van der Waals surface area contributed by atoms with Crippen molar-refractivity contribution in [2.45, 2.75) is 6.92 Å². The maximum atomic E-state index is 12.4. The van der Waals surface area contributed by atoms with Crippen LogP contribution in [0.15, 0.2) is 47.3 Å². The number of carbonyl (C=O) groups is 1. The standard InChI is InChI=1S/C19H20N6OS/c1-14-2-3-16(20-12-14)21-17-4-5-18(23-22-17)24-7-9-25(10-8-24)19(26)15-6-11-27-13-15/h2-6,11-13H,7-10H2,1H3,(H,20,21,22). The summed E-state index contributed by atoms with van der Waals surface area (Å²) < 4.78 is 0. The van der Waals surface area contributed by atoms with Crippen LogP contribution in [-0.2, 0) is 0 Å². The zero-order valence-electron chi connectivity index (χ0n) is 15.0. The summed E-state index contributed by atoms with van der Waals surface area (Å²) in [5, 5.41) is 15.5. The molecule has 7 nitrogen and oxygen atoms in total. The van der Waals surface area contributed by atoms with Gasteiger partial charge >= 0.3 is 0 Å². The smallest absolute Gasteiger partial charge is 0.254 e. The quantitative estimate of drug-likeness (QED) is 0.750. The highest BCUT2D eigenvalue weighted by molar-refractivity contribution is 7.08. The van der Waals surface area contributed by atoms with E-state index in [0.29, 0.717) is 18.9 Å². The van der Waals surface area contributed by atoms with Crippen LogP contribution in [0.5, 0.6) is 0 Å². The lowest BCUT2D eigenvalue weighted by molar-refractivity contribution is 0.0747. The van der Waals surface area contributed by atoms with Crippen LogP contribution in [0.1, 0.15) is 15.9 Å². The first-order valence-corrected chi connectivity index (χ1v) is 9.73. The van der Waals surface area contributed by atoms with Crippen LogP contribution < -0.4 is 10.2 Å². The normalized spacial score (nSPS) is 14.3. The highest BCUT2D eigenvalue weighted by Crippen LogP contribution is 2.18. The molecule has 138 valence electrons. The van der Waals surface area contributed by atoms with E-state index in [-0.39, 0.29) is 5.91 Å². The van der Waals surface area contributed by atoms with Gasteiger partial charge in [-0.2, -0.15) is 11.3 Å². The van der Waals surface area contributed by atoms with E-state index in [2.05, 4.69) is 25.4 Å². The molecule has 1 aliphatic rings. The van der Waals surface area contributed by atoms with E-state index in [1.54, 1.807) is 17.5 Å². The summed E-state index contributed by atoms with van der Waals surface area (Å²) >= 11 is 1.55. The fraction of sp³-hybridized carbons (Fsp3) is 0.263. The Kier molecular flexibility index (Phi) is 4.97. The van der Waals surface area contributed by atoms with Gasteiger partial charge in [-0.1, -0.05) is 6.07 Å². The maximum Gasteiger partial charge on any atom is 0.254 e. The van der Waals surface area contributed by atoms with Crippen LogP contribution in [0.25, 0.3) is 0 Å². The first kappa shape index (κ1) is 17.4. The fourth-order valence-electron chi connectivity index (χ4n) is 2.94. The zero-order valence-corrected chi connectivity index (χ0v) is 15.8. The third kappa shape index (κ3) is 4.06. The molecule has 0 bridgehead atoms. The number of pyridine rings is 1. The van der Waals surface area contributed by atoms with Gasteiger partial charge in [0, 0.05) is 37.8 Å². The van der Waals surface area contributed by atoms with Gasteiger partial charge in [-0.15, -0.1) is 10.2 Å². The minimum Gasteiger partial charge on any atom is -0.352 e. The molecular formula is C19H20N6OS. The molecule has 0 aliphatic carbocycles. The largest absolute Gasteiger partial charge is 0.352 e. The number of hydrogen-bond donors (Lipinski definition) is 1. The number of aromatic nitrogens is 3. The Morgan fingerprint density at radius 3 is 2.48 bits per heavy atom. The summed E-state index contributed by atoms with van der Waals surface area (Å²) in [5.41, 5.74) is 1.88. The monoisotopic (exact) mass is 380 g/mol. The summed E-state index contributed by atoms with van der Waals surface area (Å²) in [7, 11) is 0. The maximum absolute atomic E-state index is 12.4. The van der Waals surface area contributed by atoms with Gasteiger partial charge in [0.1, 0.15) is 5.82 Å². The Hall–Kier alpha value is -3.00. The van der Waals surface area contributed by atoms with Gasteiger partial charge in [-0.05, 0) is 42.1 Å². The number of hydrogen-bond acceptors (Lipinski definition) is 7. The number of nitrogens with one attached hydrogen (secondary N) is 1. The number of anilines is 3. The molecule has 3 aromatic heterocycles. The minimum atomic E-state index is 0.104. The number of thiophene rings is 1. The number of piperazine rings is 1. The van der Waals surface area contributed by atoms with E-state index in [0.717, 1.165) is 35.9 Å². The van der Waals surface area contributed by atoms with E-state index in [4.69, 9.17) is 0 Å². The molecule has 1 saturated heterocycles. The van der Waals surface area contributed by atoms with Gasteiger partial charge in [0.15, 0.2) is 11.6 Å². The Morgan fingerprint density at radius 1 is 1.04 bits per heavy atom. The van der Waals surface area contributed by atoms with Crippen molar-refractivity contribution in [3.8, 4) is 0 Å². The van der Waals surface area contributed by atoms with E-state index >= 15 is 0 Å². The number of carbonyl (C=O) groups excluding carboxylic acids is 1. The van der Waals surface area contributed by atoms with Crippen molar-refractivity contribution in [1.29, 1.82) is 0 Å². The number of nitrogens with zero attached hydrogens (tertiary/aromatic N) is 5. The van der Waals surface area contributed by atoms with Crippen LogP contribution in [0.2, 0.25) is 0 Å². The summed E-state index contributed by atoms with van der Waals surface area (Å²) in [6, 6.07) is 9.62. The molecule has 0 atom stereocenters. The van der Waals surface area contributed by atoms with Gasteiger partial charge in [0.25, 0.3) is 5.91 Å². The molecule has 0 aromatic carbocycles. The molecule has 0 radical (unpaired) electrons. The highest BCUT2D eigenvalue weighted by atomic mass is 32.1. The molecule has 27 heavy (non-hydrogen) atoms. The topological polar surface area (TPSA) is 74.2 Å². The lowest BCUT2D eigenvalue weighted by atomic mass is 10.2. The first-order valence-electron chi connectivity index (χ1n) is 8.79. The molecule has 3 aromatic rings. The number of rotatable bonds is 4. The molecule has 1 N–H and O–H groups in total. The van der Waals surface area contributed by atoms with Gasteiger partial charge in [0.05, 0.1) is 5.56 Å². The zero-order chi connectivity index (χ0) is 18.6. The fourth-order valence-corrected chi connectivity index (χ4v) is 3.57. The van der Waals surface area contributed by atoms with Crippen LogP contribution in [0.3, 0.4) is 0 Å². The van der Waals surface area contributed by atoms with E-state index < -0.39 is 0 Å². The van der Waals surface area contributed by atoms with Crippen molar-refractivity contribution in [2.24, 2.45) is 0 Å². The molecular weight excluding hydrogens is 360 g/mol. The van der Waals surface area contributed by atoms with Crippen molar-refractivity contribution in [3.05, 3.63) is 58.4 Å². The highest BCUT2D eigenvalue weighted by Gasteiger charge is 2.23. The summed E-state index contributed by atoms with van der Waals surface area (Å²) in [6.07, 6.45) is 1.81. The molecule has 1 fully saturated rings. The predicted octanol–water partition coefficient (Wildman–Crippen LogP) is 2.95. The van der Waals surface area contributed by atoms with Crippen LogP contribution in [0.4, 0.5) is 17.5 Å². The van der Waals surface area contributed by atoms with Crippen molar-refractivity contribution in [1.82, 2.24) is 20.1 Å². The number of amides is 1. The summed E-state index contributed by atoms with van der Waals surface area (Å²) in [4.78, 5) is 20.8. The van der Waals surface area contributed by atoms with Crippen LogP contribution in [-0.4, -0.2) is 52.2 Å². The van der Waals surface area contributed by atoms with Gasteiger partial charge < -0.3 is 15.1 Å². The molecule has 8 heteroatoms. The van der Waals surface area contributed by atoms with E-state index in [1.807, 2.05) is 52.9 Å². The lowest BCUT2D eigenvalue weighted by Gasteiger charge is -2.35. The molecule has 1 aliphatic heterocycles. The Morgan fingerprint density at radius 2 is 1.85 bits per heavy atom. The average Bonchev–Trinajstić information content (AvgIpc) is 3.25. The van der Waals surface area contributed by atoms with Crippen molar-refractivity contribution >= 4 is 34.7 Å². The summed E-state index contributed by atoms with van der Waals surface area (Å²) in [5.74, 6) is 2.32. The summed E-state index contributed by atoms with van der Waals surface area (Å²) in [6.45, 7) is 4.86. The van der Waals surface area contributed by atoms with Crippen molar-refractivity contribution in [3.63, 3.8) is 0 Å². The molecule has 4 heterocycles. The van der Waals surface area contributed by atoms with Crippen molar-refractivity contribution in [2.75, 3.05) is 36.4 Å². The SMILES string of the molecule is Cc1ccc(Nc2ccc(N3CCN(C(=O)c4ccsc4)CC3)nn2)nc1. The van der Waals surface area contributed by atoms with E-state index in [1.165, 1.54) is 0 Å². The minimum absolute atomic E-state index is 0.104. The average molecular weight is 380 g/mol. The third-order valence-corrected chi connectivity index (χ3v) is 5.16. The Balaban J connectivity index is 1.34. The second-order valence-electron chi connectivity index (χ2n) is 6.41. The third-order valence-electron chi connectivity index (χ3n) is 4.48. The second kappa shape index (κ2) is 7.71. The second-order valence-corrected chi connectivity index (χ2v) is 7.19. The number of aryl methyl sites for hydroxylation is 1. The molecule has 0 spiro atoms. The Labute approximate surface area is 161 Å². The van der Waals surface area contributed by atoms with Crippen molar-refractivity contribution < 1.29 is 4.79 Å². The molecule has 4 rings (SSSR count). The Bertz CT molecular complexity index is 887. The van der Waals surface area contributed by atoms with E-state index in [9.17, 15) is 4.79 Å². The molecule has 0 saturated carbocycles. The van der Waals surface area contributed by atoms with Gasteiger partial charge in [-0.25, -0.2) is 4.98 Å². The van der Waals surface area contributed by atoms with Crippen LogP contribution >= 0.6 is 11.3 Å². The predicted molar refractivity (Wildman–Crippen MR) is 107 cm³/mol. The lowest BCUT2D eigenvalue weighted by Crippen LogP contribution is -2.49.